The standard InChI is InChI=1S/C49H34N4S/c1-4-18-34(19-5-1)46-47(35-20-6-2-7-21-35)49(43-29-17-27-41(53-43)39-25-13-15-33-51-39)54(44-30-11-9-22-36(44)37-23-10-12-31-45(37)54)48(46)42-28-16-26-40(52-42)38-24-8-3-14-32-50-38/h1-2,4-33H,3H2. The highest BCUT2D eigenvalue weighted by molar-refractivity contribution is 8.48. The molecule has 4 nitrogen and oxygen atoms in total. The van der Waals surface area contributed by atoms with Crippen molar-refractivity contribution in [3.05, 3.63) is 223 Å². The average Bonchev–Trinajstić information content (AvgIpc) is 3.55. The average molecular weight is 711 g/mol. The molecule has 6 heterocycles. The normalized spacial score (nSPS) is 15.9. The number of pyridine rings is 3. The molecule has 4 aromatic carbocycles. The summed E-state index contributed by atoms with van der Waals surface area (Å²) in [5.74, 6) is 0. The van der Waals surface area contributed by atoms with Gasteiger partial charge in [-0.1, -0.05) is 127 Å². The first-order valence-corrected chi connectivity index (χ1v) is 19.8. The monoisotopic (exact) mass is 710 g/mol. The fourth-order valence-corrected chi connectivity index (χ4v) is 12.8. The smallest absolute Gasteiger partial charge is 0.0893 e. The molecule has 0 bridgehead atoms. The molecule has 1 spiro atoms. The lowest BCUT2D eigenvalue weighted by Gasteiger charge is -2.40. The molecule has 256 valence electrons. The lowest BCUT2D eigenvalue weighted by Crippen LogP contribution is -2.08. The van der Waals surface area contributed by atoms with Gasteiger partial charge < -0.3 is 0 Å². The molecule has 5 heteroatoms. The molecule has 0 saturated carbocycles. The molecule has 3 aliphatic rings. The lowest BCUT2D eigenvalue weighted by atomic mass is 9.90. The molecule has 0 atom stereocenters. The Labute approximate surface area is 316 Å². The van der Waals surface area contributed by atoms with Gasteiger partial charge in [-0.05, 0) is 83.3 Å². The Morgan fingerprint density at radius 2 is 0.944 bits per heavy atom. The minimum Gasteiger partial charge on any atom is -0.255 e. The number of hydrogen-bond acceptors (Lipinski definition) is 4. The van der Waals surface area contributed by atoms with Gasteiger partial charge in [0.15, 0.2) is 0 Å². The Balaban J connectivity index is 1.40. The van der Waals surface area contributed by atoms with Gasteiger partial charge in [0.2, 0.25) is 0 Å². The molecule has 0 radical (unpaired) electrons. The van der Waals surface area contributed by atoms with Crippen molar-refractivity contribution in [2.75, 3.05) is 0 Å². The van der Waals surface area contributed by atoms with Crippen LogP contribution in [0.5, 0.6) is 0 Å². The topological polar surface area (TPSA) is 51.0 Å². The van der Waals surface area contributed by atoms with Crippen LogP contribution in [0.4, 0.5) is 0 Å². The second-order valence-corrected chi connectivity index (χ2v) is 16.2. The molecule has 7 aromatic rings. The molecule has 0 N–H and O–H groups in total. The molecule has 0 aliphatic carbocycles. The van der Waals surface area contributed by atoms with E-state index < -0.39 is 10.0 Å². The van der Waals surface area contributed by atoms with Gasteiger partial charge in [0.1, 0.15) is 0 Å². The predicted molar refractivity (Wildman–Crippen MR) is 224 cm³/mol. The fourth-order valence-electron chi connectivity index (χ4n) is 8.00. The summed E-state index contributed by atoms with van der Waals surface area (Å²) in [6.45, 7) is 0. The highest BCUT2D eigenvalue weighted by atomic mass is 32.3. The SMILES string of the molecule is C1=CN=C(c2cccc(C3=C(c4ccccc4)C(c4ccccc4)=C(c4cccc(-c5ccccn5)n4)S34c3ccccc3-c3ccccc34)n2)C=CC1. The summed E-state index contributed by atoms with van der Waals surface area (Å²) in [6.07, 6.45) is 10.9. The maximum atomic E-state index is 5.57. The third-order valence-electron chi connectivity index (χ3n) is 10.2. The number of benzene rings is 4. The third kappa shape index (κ3) is 5.08. The van der Waals surface area contributed by atoms with Gasteiger partial charge >= 0.3 is 0 Å². The highest BCUT2D eigenvalue weighted by Crippen LogP contribution is 2.88. The fraction of sp³-hybridized carbons (Fsp3) is 0.0204. The zero-order valence-electron chi connectivity index (χ0n) is 29.4. The summed E-state index contributed by atoms with van der Waals surface area (Å²) in [5, 5.41) is 0. The van der Waals surface area contributed by atoms with Crippen molar-refractivity contribution in [1.82, 2.24) is 15.0 Å². The van der Waals surface area contributed by atoms with Crippen LogP contribution in [0.25, 0.3) is 43.5 Å². The van der Waals surface area contributed by atoms with Crippen LogP contribution in [0.3, 0.4) is 0 Å². The van der Waals surface area contributed by atoms with Crippen LogP contribution < -0.4 is 0 Å². The van der Waals surface area contributed by atoms with Crippen LogP contribution in [-0.4, -0.2) is 20.7 Å². The van der Waals surface area contributed by atoms with Crippen LogP contribution in [0, 0.1) is 0 Å². The van der Waals surface area contributed by atoms with Crippen molar-refractivity contribution in [1.29, 1.82) is 0 Å². The molecule has 0 fully saturated rings. The first kappa shape index (κ1) is 32.0. The molecular weight excluding hydrogens is 677 g/mol. The summed E-state index contributed by atoms with van der Waals surface area (Å²) in [7, 11) is -2.24. The first-order chi connectivity index (χ1) is 26.8. The van der Waals surface area contributed by atoms with E-state index in [0.29, 0.717) is 0 Å². The maximum Gasteiger partial charge on any atom is 0.0893 e. The van der Waals surface area contributed by atoms with Crippen molar-refractivity contribution in [3.8, 4) is 22.5 Å². The Kier molecular flexibility index (Phi) is 7.93. The third-order valence-corrected chi connectivity index (χ3v) is 14.3. The molecule has 0 amide bonds. The van der Waals surface area contributed by atoms with E-state index in [9.17, 15) is 0 Å². The summed E-state index contributed by atoms with van der Waals surface area (Å²) in [5.41, 5.74) is 12.3. The second-order valence-electron chi connectivity index (χ2n) is 13.3. The number of rotatable bonds is 6. The number of aliphatic imine (C=N–C) groups is 1. The van der Waals surface area contributed by atoms with Crippen LogP contribution in [0.1, 0.15) is 34.6 Å². The Hall–Kier alpha value is -6.69. The lowest BCUT2D eigenvalue weighted by molar-refractivity contribution is 1.23. The van der Waals surface area contributed by atoms with Crippen LogP contribution in [0.2, 0.25) is 0 Å². The molecular formula is C49H34N4S. The molecule has 10 rings (SSSR count). The highest BCUT2D eigenvalue weighted by Gasteiger charge is 2.53. The number of hydrogen-bond donors (Lipinski definition) is 0. The van der Waals surface area contributed by atoms with Gasteiger partial charge in [-0.25, -0.2) is 9.97 Å². The van der Waals surface area contributed by atoms with Crippen molar-refractivity contribution in [2.24, 2.45) is 4.99 Å². The number of fused-ring (bicyclic) bond motifs is 5. The van der Waals surface area contributed by atoms with E-state index in [-0.39, 0.29) is 0 Å². The van der Waals surface area contributed by atoms with E-state index in [1.54, 1.807) is 0 Å². The Morgan fingerprint density at radius 3 is 1.56 bits per heavy atom. The number of nitrogens with zero attached hydrogens (tertiary/aromatic N) is 4. The minimum absolute atomic E-state index is 0.836. The van der Waals surface area contributed by atoms with Gasteiger partial charge in [-0.3, -0.25) is 9.98 Å². The van der Waals surface area contributed by atoms with Gasteiger partial charge in [0.05, 0.1) is 34.2 Å². The molecule has 3 aliphatic heterocycles. The van der Waals surface area contributed by atoms with Crippen LogP contribution in [-0.2, 0) is 0 Å². The van der Waals surface area contributed by atoms with Crippen molar-refractivity contribution >= 4 is 36.7 Å². The van der Waals surface area contributed by atoms with Gasteiger partial charge in [-0.15, -0.1) is 10.0 Å². The van der Waals surface area contributed by atoms with Crippen molar-refractivity contribution in [2.45, 2.75) is 16.2 Å². The van der Waals surface area contributed by atoms with Gasteiger partial charge in [0, 0.05) is 43.1 Å². The van der Waals surface area contributed by atoms with Gasteiger partial charge in [-0.2, -0.15) is 0 Å². The van der Waals surface area contributed by atoms with E-state index in [0.717, 1.165) is 51.7 Å². The second kappa shape index (κ2) is 13.4. The van der Waals surface area contributed by atoms with E-state index >= 15 is 0 Å². The zero-order chi connectivity index (χ0) is 35.9. The Bertz CT molecular complexity index is 2680. The van der Waals surface area contributed by atoms with E-state index in [2.05, 4.69) is 164 Å². The molecule has 0 saturated heterocycles. The van der Waals surface area contributed by atoms with E-state index in [1.165, 1.54) is 41.9 Å². The van der Waals surface area contributed by atoms with E-state index in [1.807, 2.05) is 30.6 Å². The Morgan fingerprint density at radius 1 is 0.426 bits per heavy atom. The van der Waals surface area contributed by atoms with Crippen LogP contribution >= 0.6 is 10.0 Å². The summed E-state index contributed by atoms with van der Waals surface area (Å²) in [6, 6.07) is 58.5. The molecule has 54 heavy (non-hydrogen) atoms. The van der Waals surface area contributed by atoms with Crippen molar-refractivity contribution in [3.63, 3.8) is 0 Å². The van der Waals surface area contributed by atoms with Crippen molar-refractivity contribution < 1.29 is 0 Å². The zero-order valence-corrected chi connectivity index (χ0v) is 30.2. The summed E-state index contributed by atoms with van der Waals surface area (Å²) < 4.78 is 0. The van der Waals surface area contributed by atoms with E-state index in [4.69, 9.17) is 19.9 Å². The summed E-state index contributed by atoms with van der Waals surface area (Å²) >= 11 is 0. The predicted octanol–water partition coefficient (Wildman–Crippen LogP) is 12.2. The quantitative estimate of drug-likeness (QED) is 0.173. The molecule has 3 aromatic heterocycles. The molecule has 0 unspecified atom stereocenters. The number of aromatic nitrogens is 3. The van der Waals surface area contributed by atoms with Gasteiger partial charge in [0.25, 0.3) is 0 Å². The first-order valence-electron chi connectivity index (χ1n) is 18.2. The maximum absolute atomic E-state index is 5.57. The van der Waals surface area contributed by atoms with Crippen LogP contribution in [0.15, 0.2) is 209 Å². The minimum atomic E-state index is -2.24. The number of allylic oxidation sites excluding steroid dienone is 5. The summed E-state index contributed by atoms with van der Waals surface area (Å²) in [4.78, 5) is 25.7. The largest absolute Gasteiger partial charge is 0.255 e.